The molecule has 2 nitrogen and oxygen atoms in total. The van der Waals surface area contributed by atoms with Crippen molar-refractivity contribution in [3.63, 3.8) is 0 Å². The maximum absolute atomic E-state index is 11.0. The molecule has 8 heavy (non-hydrogen) atoms. The molecule has 0 aromatic rings. The molecular formula is C3H3F3O2. The average molecular weight is 128 g/mol. The molecule has 0 aliphatic carbocycles. The van der Waals surface area contributed by atoms with Gasteiger partial charge in [0.2, 0.25) is 6.10 Å². The lowest BCUT2D eigenvalue weighted by Gasteiger charge is -2.05. The number of halogens is 3. The number of aldehydes is 1. The van der Waals surface area contributed by atoms with E-state index in [2.05, 4.69) is 0 Å². The first-order chi connectivity index (χ1) is 3.48. The molecule has 0 heterocycles. The molecule has 0 aliphatic rings. The van der Waals surface area contributed by atoms with Crippen molar-refractivity contribution in [2.75, 3.05) is 0 Å². The van der Waals surface area contributed by atoms with Gasteiger partial charge < -0.3 is 9.90 Å². The van der Waals surface area contributed by atoms with Crippen LogP contribution in [0.15, 0.2) is 0 Å². The maximum Gasteiger partial charge on any atom is 0.421 e. The number of aliphatic hydroxyl groups is 1. The minimum Gasteiger partial charge on any atom is -0.377 e. The van der Waals surface area contributed by atoms with Crippen LogP contribution in [0.5, 0.6) is 0 Å². The monoisotopic (exact) mass is 128 g/mol. The number of rotatable bonds is 1. The van der Waals surface area contributed by atoms with Gasteiger partial charge >= 0.3 is 6.18 Å². The Labute approximate surface area is 42.9 Å². The van der Waals surface area contributed by atoms with E-state index in [9.17, 15) is 18.0 Å². The summed E-state index contributed by atoms with van der Waals surface area (Å²) in [6.07, 6.45) is -8.20. The second kappa shape index (κ2) is 2.13. The molecule has 0 bridgehead atoms. The number of carbonyl (C=O) groups is 1. The third kappa shape index (κ3) is 1.92. The molecule has 0 unspecified atom stereocenters. The Balaban J connectivity index is 3.80. The first-order valence-electron chi connectivity index (χ1n) is 1.68. The number of carbonyl (C=O) groups excluding carboxylic acids is 1. The van der Waals surface area contributed by atoms with Crippen molar-refractivity contribution in [2.45, 2.75) is 12.3 Å². The van der Waals surface area contributed by atoms with E-state index in [0.717, 1.165) is 0 Å². The van der Waals surface area contributed by atoms with Crippen molar-refractivity contribution in [1.29, 1.82) is 0 Å². The van der Waals surface area contributed by atoms with Crippen molar-refractivity contribution in [3.8, 4) is 0 Å². The van der Waals surface area contributed by atoms with Gasteiger partial charge in [0, 0.05) is 0 Å². The Bertz CT molecular complexity index is 87.0. The summed E-state index contributed by atoms with van der Waals surface area (Å²) in [5.41, 5.74) is 0. The van der Waals surface area contributed by atoms with Gasteiger partial charge in [0.15, 0.2) is 6.29 Å². The van der Waals surface area contributed by atoms with E-state index in [4.69, 9.17) is 5.11 Å². The fourth-order valence-corrected chi connectivity index (χ4v) is 0.0772. The Hall–Kier alpha value is -0.580. The fourth-order valence-electron chi connectivity index (χ4n) is 0.0772. The van der Waals surface area contributed by atoms with Crippen LogP contribution < -0.4 is 0 Å². The van der Waals surface area contributed by atoms with Crippen LogP contribution in [0.2, 0.25) is 0 Å². The lowest BCUT2D eigenvalue weighted by molar-refractivity contribution is -0.197. The highest BCUT2D eigenvalue weighted by atomic mass is 19.4. The van der Waals surface area contributed by atoms with Gasteiger partial charge in [0.25, 0.3) is 0 Å². The topological polar surface area (TPSA) is 37.3 Å². The van der Waals surface area contributed by atoms with E-state index in [-0.39, 0.29) is 0 Å². The Morgan fingerprint density at radius 2 is 1.88 bits per heavy atom. The standard InChI is InChI=1S/C3H3F3O2/c4-3(5,6)2(8)1-7/h1-2,8H/t2-/m0/s1. The van der Waals surface area contributed by atoms with Crippen LogP contribution in [-0.2, 0) is 4.79 Å². The van der Waals surface area contributed by atoms with E-state index in [1.54, 1.807) is 0 Å². The quantitative estimate of drug-likeness (QED) is 0.509. The molecular weight excluding hydrogens is 125 g/mol. The molecule has 0 saturated carbocycles. The highest BCUT2D eigenvalue weighted by molar-refractivity contribution is 5.56. The van der Waals surface area contributed by atoms with Crippen LogP contribution in [0.1, 0.15) is 0 Å². The first kappa shape index (κ1) is 7.42. The largest absolute Gasteiger partial charge is 0.421 e. The third-order valence-corrected chi connectivity index (χ3v) is 0.464. The summed E-state index contributed by atoms with van der Waals surface area (Å²) in [5, 5.41) is 7.70. The number of hydrogen-bond acceptors (Lipinski definition) is 2. The average Bonchev–Trinajstić information content (AvgIpc) is 1.62. The number of aliphatic hydroxyl groups excluding tert-OH is 1. The Kier molecular flexibility index (Phi) is 1.97. The van der Waals surface area contributed by atoms with E-state index >= 15 is 0 Å². The molecule has 0 spiro atoms. The second-order valence-electron chi connectivity index (χ2n) is 1.12. The van der Waals surface area contributed by atoms with Gasteiger partial charge in [-0.1, -0.05) is 0 Å². The van der Waals surface area contributed by atoms with Crippen LogP contribution in [0.3, 0.4) is 0 Å². The predicted molar refractivity (Wildman–Crippen MR) is 18.1 cm³/mol. The summed E-state index contributed by atoms with van der Waals surface area (Å²) >= 11 is 0. The second-order valence-corrected chi connectivity index (χ2v) is 1.12. The number of hydrogen-bond donors (Lipinski definition) is 1. The van der Waals surface area contributed by atoms with Crippen molar-refractivity contribution >= 4 is 6.29 Å². The minimum atomic E-state index is -4.80. The zero-order chi connectivity index (χ0) is 6.78. The molecule has 0 aromatic carbocycles. The van der Waals surface area contributed by atoms with Crippen molar-refractivity contribution < 1.29 is 23.1 Å². The molecule has 0 radical (unpaired) electrons. The van der Waals surface area contributed by atoms with Crippen molar-refractivity contribution in [2.24, 2.45) is 0 Å². The molecule has 0 fully saturated rings. The third-order valence-electron chi connectivity index (χ3n) is 0.464. The molecule has 0 aliphatic heterocycles. The zero-order valence-electron chi connectivity index (χ0n) is 3.64. The summed E-state index contributed by atoms with van der Waals surface area (Å²) < 4.78 is 32.9. The van der Waals surface area contributed by atoms with E-state index < -0.39 is 18.6 Å². The van der Waals surface area contributed by atoms with E-state index in [1.807, 2.05) is 0 Å². The Morgan fingerprint density at radius 1 is 1.50 bits per heavy atom. The molecule has 1 N–H and O–H groups in total. The van der Waals surface area contributed by atoms with Gasteiger partial charge in [-0.2, -0.15) is 13.2 Å². The van der Waals surface area contributed by atoms with Gasteiger partial charge in [0.1, 0.15) is 0 Å². The van der Waals surface area contributed by atoms with Gasteiger partial charge in [-0.15, -0.1) is 0 Å². The van der Waals surface area contributed by atoms with E-state index in [0.29, 0.717) is 0 Å². The predicted octanol–water partition coefficient (Wildman–Crippen LogP) is 0.108. The molecule has 0 aromatic heterocycles. The molecule has 1 atom stereocenters. The van der Waals surface area contributed by atoms with E-state index in [1.165, 1.54) is 0 Å². The summed E-state index contributed by atoms with van der Waals surface area (Å²) in [7, 11) is 0. The van der Waals surface area contributed by atoms with Crippen LogP contribution in [0, 0.1) is 0 Å². The molecule has 0 rings (SSSR count). The normalized spacial score (nSPS) is 15.5. The SMILES string of the molecule is O=C[C@H](O)C(F)(F)F. The smallest absolute Gasteiger partial charge is 0.377 e. The van der Waals surface area contributed by atoms with Crippen LogP contribution in [0.4, 0.5) is 13.2 Å². The van der Waals surface area contributed by atoms with Crippen molar-refractivity contribution in [3.05, 3.63) is 0 Å². The van der Waals surface area contributed by atoms with Gasteiger partial charge in [0.05, 0.1) is 0 Å². The molecule has 0 amide bonds. The summed E-state index contributed by atoms with van der Waals surface area (Å²) in [5.74, 6) is 0. The van der Waals surface area contributed by atoms with Gasteiger partial charge in [-0.3, -0.25) is 0 Å². The lowest BCUT2D eigenvalue weighted by atomic mass is 10.4. The molecule has 48 valence electrons. The maximum atomic E-state index is 11.0. The number of alkyl halides is 3. The minimum absolute atomic E-state index is 0.569. The Morgan fingerprint density at radius 3 is 1.88 bits per heavy atom. The van der Waals surface area contributed by atoms with Crippen LogP contribution in [-0.4, -0.2) is 23.7 Å². The molecule has 0 saturated heterocycles. The van der Waals surface area contributed by atoms with Crippen LogP contribution in [0.25, 0.3) is 0 Å². The van der Waals surface area contributed by atoms with Crippen LogP contribution >= 0.6 is 0 Å². The summed E-state index contributed by atoms with van der Waals surface area (Å²) in [6.45, 7) is 0. The summed E-state index contributed by atoms with van der Waals surface area (Å²) in [6, 6.07) is 0. The molecule has 5 heteroatoms. The van der Waals surface area contributed by atoms with Crippen molar-refractivity contribution in [1.82, 2.24) is 0 Å². The first-order valence-corrected chi connectivity index (χ1v) is 1.68. The summed E-state index contributed by atoms with van der Waals surface area (Å²) in [4.78, 5) is 9.18. The van der Waals surface area contributed by atoms with Gasteiger partial charge in [-0.05, 0) is 0 Å². The lowest BCUT2D eigenvalue weighted by Crippen LogP contribution is -2.29. The highest BCUT2D eigenvalue weighted by Gasteiger charge is 2.37. The fraction of sp³-hybridized carbons (Fsp3) is 0.667. The highest BCUT2D eigenvalue weighted by Crippen LogP contribution is 2.17. The van der Waals surface area contributed by atoms with Gasteiger partial charge in [-0.25, -0.2) is 0 Å². The zero-order valence-corrected chi connectivity index (χ0v) is 3.64.